The third kappa shape index (κ3) is 4.80. The van der Waals surface area contributed by atoms with Gasteiger partial charge in [0.2, 0.25) is 0 Å². The zero-order chi connectivity index (χ0) is 18.5. The van der Waals surface area contributed by atoms with Crippen molar-refractivity contribution in [1.82, 2.24) is 9.47 Å². The molecule has 156 valence electrons. The molecule has 6 atom stereocenters. The minimum atomic E-state index is -2.11. The molecule has 4 rings (SSSR count). The molecule has 4 fully saturated rings. The van der Waals surface area contributed by atoms with Crippen LogP contribution in [0, 0.1) is 0 Å². The average molecular weight is 395 g/mol. The molecule has 4 aliphatic rings. The van der Waals surface area contributed by atoms with E-state index < -0.39 is 8.72 Å². The summed E-state index contributed by atoms with van der Waals surface area (Å²) in [4.78, 5) is 2.66. The van der Waals surface area contributed by atoms with Gasteiger partial charge in [-0.2, -0.15) is 0 Å². The molecular formula is C22H42N2O2Si. The molecule has 4 saturated heterocycles. The number of fused-ring (bicyclic) bond motifs is 2. The molecule has 0 radical (unpaired) electrons. The highest BCUT2D eigenvalue weighted by Crippen LogP contribution is 2.47. The molecule has 0 aromatic carbocycles. The summed E-state index contributed by atoms with van der Waals surface area (Å²) in [5.74, 6) is 0. The molecule has 4 heterocycles. The van der Waals surface area contributed by atoms with Crippen molar-refractivity contribution in [3.63, 3.8) is 0 Å². The molecule has 0 aromatic rings. The highest BCUT2D eigenvalue weighted by Gasteiger charge is 2.72. The molecule has 0 bridgehead atoms. The van der Waals surface area contributed by atoms with Crippen LogP contribution in [-0.4, -0.2) is 56.3 Å². The van der Waals surface area contributed by atoms with Crippen molar-refractivity contribution in [2.45, 2.75) is 121 Å². The second kappa shape index (κ2) is 9.71. The van der Waals surface area contributed by atoms with E-state index in [9.17, 15) is 0 Å². The van der Waals surface area contributed by atoms with Gasteiger partial charge in [-0.15, -0.1) is 0 Å². The van der Waals surface area contributed by atoms with Gasteiger partial charge in [0.05, 0.1) is 11.7 Å². The third-order valence-corrected chi connectivity index (χ3v) is 11.2. The van der Waals surface area contributed by atoms with E-state index in [1.54, 1.807) is 0 Å². The van der Waals surface area contributed by atoms with Gasteiger partial charge in [-0.1, -0.05) is 77.0 Å². The molecule has 5 heteroatoms. The fourth-order valence-electron chi connectivity index (χ4n) is 5.72. The molecule has 0 spiro atoms. The van der Waals surface area contributed by atoms with Crippen LogP contribution in [0.3, 0.4) is 0 Å². The Kier molecular flexibility index (Phi) is 7.31. The molecule has 4 aliphatic heterocycles. The molecule has 27 heavy (non-hydrogen) atoms. The second-order valence-corrected chi connectivity index (χ2v) is 12.5. The predicted octanol–water partition coefficient (Wildman–Crippen LogP) is 5.09. The fraction of sp³-hybridized carbons (Fsp3) is 1.00. The minimum Gasteiger partial charge on any atom is -0.385 e. The molecule has 0 aromatic heterocycles. The topological polar surface area (TPSA) is 24.5 Å². The lowest BCUT2D eigenvalue weighted by molar-refractivity contribution is 0.157. The van der Waals surface area contributed by atoms with Gasteiger partial charge in [0.15, 0.2) is 0 Å². The van der Waals surface area contributed by atoms with Crippen molar-refractivity contribution in [2.24, 2.45) is 0 Å². The van der Waals surface area contributed by atoms with Crippen LogP contribution < -0.4 is 0 Å². The summed E-state index contributed by atoms with van der Waals surface area (Å²) in [7, 11) is -0.179. The van der Waals surface area contributed by atoms with E-state index in [1.807, 2.05) is 7.11 Å². The van der Waals surface area contributed by atoms with E-state index in [2.05, 4.69) is 9.47 Å². The first-order valence-electron chi connectivity index (χ1n) is 12.1. The van der Waals surface area contributed by atoms with Crippen LogP contribution in [0.5, 0.6) is 0 Å². The van der Waals surface area contributed by atoms with Crippen molar-refractivity contribution < 1.29 is 8.85 Å². The second-order valence-electron chi connectivity index (χ2n) is 9.38. The number of rotatable bonds is 3. The first-order valence-corrected chi connectivity index (χ1v) is 14.0. The maximum atomic E-state index is 6.92. The Hall–Kier alpha value is 0.0569. The Morgan fingerprint density at radius 3 is 1.89 bits per heavy atom. The van der Waals surface area contributed by atoms with Gasteiger partial charge in [0, 0.05) is 13.7 Å². The molecule has 6 unspecified atom stereocenters. The van der Waals surface area contributed by atoms with Crippen molar-refractivity contribution in [3.05, 3.63) is 0 Å². The van der Waals surface area contributed by atoms with Gasteiger partial charge in [0.1, 0.15) is 6.23 Å². The maximum absolute atomic E-state index is 6.92. The lowest BCUT2D eigenvalue weighted by Crippen LogP contribution is -2.36. The minimum absolute atomic E-state index is 0.372. The van der Waals surface area contributed by atoms with E-state index in [1.165, 1.54) is 116 Å². The smallest absolute Gasteiger partial charge is 0.385 e. The highest BCUT2D eigenvalue weighted by molar-refractivity contribution is 6.76. The number of hydrogen-bond acceptors (Lipinski definition) is 4. The summed E-state index contributed by atoms with van der Waals surface area (Å²) in [6.07, 6.45) is 22.6. The summed E-state index contributed by atoms with van der Waals surface area (Å²) >= 11 is 0. The lowest BCUT2D eigenvalue weighted by Gasteiger charge is -2.15. The molecule has 4 nitrogen and oxygen atoms in total. The van der Waals surface area contributed by atoms with Gasteiger partial charge in [-0.05, 0) is 32.2 Å². The van der Waals surface area contributed by atoms with Crippen molar-refractivity contribution >= 4 is 8.72 Å². The van der Waals surface area contributed by atoms with Crippen molar-refractivity contribution in [3.8, 4) is 0 Å². The van der Waals surface area contributed by atoms with E-state index in [0.29, 0.717) is 17.9 Å². The Labute approximate surface area is 168 Å². The van der Waals surface area contributed by atoms with Crippen LogP contribution >= 0.6 is 0 Å². The van der Waals surface area contributed by atoms with Crippen LogP contribution in [-0.2, 0) is 8.85 Å². The Balaban J connectivity index is 1.36. The van der Waals surface area contributed by atoms with E-state index in [0.717, 1.165) is 0 Å². The third-order valence-electron chi connectivity index (χ3n) is 7.50. The molecule has 0 saturated carbocycles. The Morgan fingerprint density at radius 1 is 0.667 bits per heavy atom. The summed E-state index contributed by atoms with van der Waals surface area (Å²) in [5.41, 5.74) is 0.627. The zero-order valence-electron chi connectivity index (χ0n) is 17.7. The fourth-order valence-corrected chi connectivity index (χ4v) is 9.58. The molecule has 0 N–H and O–H groups in total. The van der Waals surface area contributed by atoms with E-state index in [4.69, 9.17) is 8.85 Å². The quantitative estimate of drug-likeness (QED) is 0.491. The monoisotopic (exact) mass is 394 g/mol. The van der Waals surface area contributed by atoms with Gasteiger partial charge < -0.3 is 8.85 Å². The van der Waals surface area contributed by atoms with Crippen molar-refractivity contribution in [2.75, 3.05) is 20.2 Å². The van der Waals surface area contributed by atoms with Gasteiger partial charge in [-0.25, -0.2) is 0 Å². The first kappa shape index (κ1) is 20.3. The van der Waals surface area contributed by atoms with Crippen LogP contribution in [0.2, 0.25) is 0 Å². The summed E-state index contributed by atoms with van der Waals surface area (Å²) in [5, 5.41) is 0. The van der Waals surface area contributed by atoms with Crippen LogP contribution in [0.25, 0.3) is 0 Å². The standard InChI is InChI=1S/C22H42N2O2Si/c1-25-27(21-17-13-9-5-3-7-11-15-19-24(21)27)26-22-20-16-12-8-4-2-6-10-14-18-23(20)22/h20-22H,2-19H2,1H3. The molecule has 0 aliphatic carbocycles. The van der Waals surface area contributed by atoms with Gasteiger partial charge >= 0.3 is 8.72 Å². The maximum Gasteiger partial charge on any atom is 0.446 e. The average Bonchev–Trinajstić information content (AvgIpc) is 3.52. The van der Waals surface area contributed by atoms with Gasteiger partial charge in [-0.3, -0.25) is 9.47 Å². The zero-order valence-corrected chi connectivity index (χ0v) is 18.7. The molecular weight excluding hydrogens is 352 g/mol. The molecule has 0 amide bonds. The van der Waals surface area contributed by atoms with E-state index >= 15 is 0 Å². The predicted molar refractivity (Wildman–Crippen MR) is 112 cm³/mol. The number of nitrogens with zero attached hydrogens (tertiary/aromatic N) is 2. The SMILES string of the molecule is CO[Si]1(OC2C3CCCCCCCCCN32)C2CCCCCCCCCN21. The van der Waals surface area contributed by atoms with Crippen LogP contribution in [0.15, 0.2) is 0 Å². The highest BCUT2D eigenvalue weighted by atomic mass is 28.4. The Bertz CT molecular complexity index is 432. The Morgan fingerprint density at radius 2 is 1.22 bits per heavy atom. The normalized spacial score (nSPS) is 44.1. The van der Waals surface area contributed by atoms with Crippen LogP contribution in [0.4, 0.5) is 0 Å². The first-order chi connectivity index (χ1) is 13.4. The summed E-state index contributed by atoms with van der Waals surface area (Å²) in [6.45, 7) is 2.45. The summed E-state index contributed by atoms with van der Waals surface area (Å²) in [6, 6.07) is 0.685. The largest absolute Gasteiger partial charge is 0.446 e. The number of hydrogen-bond donors (Lipinski definition) is 0. The van der Waals surface area contributed by atoms with Gasteiger partial charge in [0.25, 0.3) is 0 Å². The van der Waals surface area contributed by atoms with E-state index in [-0.39, 0.29) is 0 Å². The summed E-state index contributed by atoms with van der Waals surface area (Å²) < 4.78 is 15.8. The lowest BCUT2D eigenvalue weighted by atomic mass is 10.1. The van der Waals surface area contributed by atoms with Crippen molar-refractivity contribution in [1.29, 1.82) is 0 Å². The van der Waals surface area contributed by atoms with Crippen LogP contribution in [0.1, 0.15) is 103 Å².